The summed E-state index contributed by atoms with van der Waals surface area (Å²) >= 11 is 0. The van der Waals surface area contributed by atoms with E-state index in [-0.39, 0.29) is 12.2 Å². The zero-order valence-electron chi connectivity index (χ0n) is 9.33. The van der Waals surface area contributed by atoms with Gasteiger partial charge in [0.2, 0.25) is 5.88 Å². The van der Waals surface area contributed by atoms with Crippen molar-refractivity contribution in [3.05, 3.63) is 12.5 Å². The van der Waals surface area contributed by atoms with Gasteiger partial charge in [0.05, 0.1) is 12.3 Å². The second kappa shape index (κ2) is 4.29. The van der Waals surface area contributed by atoms with Gasteiger partial charge in [0.15, 0.2) is 5.65 Å². The maximum Gasteiger partial charge on any atom is 0.228 e. The highest BCUT2D eigenvalue weighted by atomic mass is 16.5. The van der Waals surface area contributed by atoms with E-state index in [4.69, 9.17) is 4.74 Å². The molecule has 0 amide bonds. The van der Waals surface area contributed by atoms with Gasteiger partial charge in [-0.05, 0) is 25.7 Å². The Balaban J connectivity index is 1.78. The molecule has 17 heavy (non-hydrogen) atoms. The summed E-state index contributed by atoms with van der Waals surface area (Å²) in [5.74, 6) is 0.574. The monoisotopic (exact) mass is 234 g/mol. The zero-order chi connectivity index (χ0) is 11.7. The van der Waals surface area contributed by atoms with Gasteiger partial charge >= 0.3 is 0 Å². The van der Waals surface area contributed by atoms with Crippen molar-refractivity contribution in [2.75, 3.05) is 0 Å². The van der Waals surface area contributed by atoms with E-state index in [1.807, 2.05) is 0 Å². The summed E-state index contributed by atoms with van der Waals surface area (Å²) in [7, 11) is 0. The van der Waals surface area contributed by atoms with Crippen molar-refractivity contribution in [3.8, 4) is 5.88 Å². The van der Waals surface area contributed by atoms with Crippen LogP contribution in [0.4, 0.5) is 0 Å². The van der Waals surface area contributed by atoms with E-state index in [1.54, 1.807) is 6.20 Å². The van der Waals surface area contributed by atoms with Gasteiger partial charge in [-0.1, -0.05) is 0 Å². The zero-order valence-corrected chi connectivity index (χ0v) is 9.33. The molecule has 1 saturated carbocycles. The van der Waals surface area contributed by atoms with Crippen LogP contribution in [0.2, 0.25) is 0 Å². The minimum Gasteiger partial charge on any atom is -0.474 e. The average molecular weight is 234 g/mol. The number of hydrogen-bond acceptors (Lipinski definition) is 5. The highest BCUT2D eigenvalue weighted by Crippen LogP contribution is 2.26. The van der Waals surface area contributed by atoms with Gasteiger partial charge in [0, 0.05) is 0 Å². The van der Waals surface area contributed by atoms with E-state index >= 15 is 0 Å². The summed E-state index contributed by atoms with van der Waals surface area (Å²) in [6, 6.07) is 0. The number of aliphatic hydroxyl groups is 1. The molecule has 2 aromatic rings. The molecule has 2 heterocycles. The molecular formula is C11H14N4O2. The molecule has 0 aliphatic heterocycles. The van der Waals surface area contributed by atoms with Crippen LogP contribution in [0.15, 0.2) is 12.5 Å². The van der Waals surface area contributed by atoms with Crippen LogP contribution in [-0.2, 0) is 0 Å². The van der Waals surface area contributed by atoms with Crippen molar-refractivity contribution >= 4 is 11.0 Å². The van der Waals surface area contributed by atoms with Crippen LogP contribution in [0.5, 0.6) is 5.88 Å². The highest BCUT2D eigenvalue weighted by Gasteiger charge is 2.22. The summed E-state index contributed by atoms with van der Waals surface area (Å²) in [6.07, 6.45) is 6.42. The molecule has 6 nitrogen and oxygen atoms in total. The first-order valence-corrected chi connectivity index (χ1v) is 5.82. The van der Waals surface area contributed by atoms with Crippen LogP contribution in [0.1, 0.15) is 25.7 Å². The number of rotatable bonds is 2. The molecule has 90 valence electrons. The number of aromatic nitrogens is 4. The summed E-state index contributed by atoms with van der Waals surface area (Å²) in [5, 5.41) is 16.9. The lowest BCUT2D eigenvalue weighted by atomic mass is 9.95. The second-order valence-electron chi connectivity index (χ2n) is 4.36. The van der Waals surface area contributed by atoms with E-state index in [2.05, 4.69) is 20.2 Å². The summed E-state index contributed by atoms with van der Waals surface area (Å²) in [4.78, 5) is 8.19. The highest BCUT2D eigenvalue weighted by molar-refractivity contribution is 5.78. The Bertz CT molecular complexity index is 505. The number of H-pyrrole nitrogens is 1. The molecular weight excluding hydrogens is 220 g/mol. The fourth-order valence-corrected chi connectivity index (χ4v) is 2.16. The van der Waals surface area contributed by atoms with Crippen LogP contribution in [0.25, 0.3) is 11.0 Å². The number of aromatic amines is 1. The minimum absolute atomic E-state index is 0.131. The van der Waals surface area contributed by atoms with E-state index in [0.717, 1.165) is 31.1 Å². The van der Waals surface area contributed by atoms with E-state index in [0.29, 0.717) is 11.5 Å². The molecule has 0 unspecified atom stereocenters. The maximum absolute atomic E-state index is 9.44. The Hall–Kier alpha value is -1.69. The molecule has 1 fully saturated rings. The molecule has 3 rings (SSSR count). The summed E-state index contributed by atoms with van der Waals surface area (Å²) < 4.78 is 5.85. The third kappa shape index (κ3) is 2.08. The van der Waals surface area contributed by atoms with Crippen LogP contribution in [-0.4, -0.2) is 37.5 Å². The molecule has 0 saturated heterocycles. The molecule has 0 atom stereocenters. The van der Waals surface area contributed by atoms with Crippen LogP contribution >= 0.6 is 0 Å². The first-order chi connectivity index (χ1) is 8.33. The van der Waals surface area contributed by atoms with Crippen LogP contribution in [0.3, 0.4) is 0 Å². The van der Waals surface area contributed by atoms with Crippen molar-refractivity contribution in [3.63, 3.8) is 0 Å². The van der Waals surface area contributed by atoms with E-state index in [9.17, 15) is 5.11 Å². The van der Waals surface area contributed by atoms with Gasteiger partial charge < -0.3 is 9.84 Å². The first kappa shape index (κ1) is 10.5. The molecule has 0 radical (unpaired) electrons. The number of ether oxygens (including phenoxy) is 1. The molecule has 2 aromatic heterocycles. The topological polar surface area (TPSA) is 83.9 Å². The average Bonchev–Trinajstić information content (AvgIpc) is 2.81. The predicted molar refractivity (Wildman–Crippen MR) is 60.6 cm³/mol. The predicted octanol–water partition coefficient (Wildman–Crippen LogP) is 1.04. The molecule has 0 aromatic carbocycles. The van der Waals surface area contributed by atoms with Crippen molar-refractivity contribution < 1.29 is 9.84 Å². The van der Waals surface area contributed by atoms with Crippen molar-refractivity contribution in [1.82, 2.24) is 20.2 Å². The largest absolute Gasteiger partial charge is 0.474 e. The third-order valence-electron chi connectivity index (χ3n) is 3.13. The van der Waals surface area contributed by atoms with Crippen LogP contribution < -0.4 is 4.74 Å². The number of hydrogen-bond donors (Lipinski definition) is 2. The van der Waals surface area contributed by atoms with Gasteiger partial charge in [-0.15, -0.1) is 0 Å². The molecule has 1 aliphatic rings. The van der Waals surface area contributed by atoms with Crippen molar-refractivity contribution in [2.24, 2.45) is 0 Å². The van der Waals surface area contributed by atoms with Gasteiger partial charge in [0.1, 0.15) is 17.8 Å². The summed E-state index contributed by atoms with van der Waals surface area (Å²) in [5.41, 5.74) is 0.686. The molecule has 0 bridgehead atoms. The lowest BCUT2D eigenvalue weighted by Crippen LogP contribution is -2.26. The molecule has 6 heteroatoms. The Kier molecular flexibility index (Phi) is 2.64. The Labute approximate surface area is 98.0 Å². The van der Waals surface area contributed by atoms with Crippen molar-refractivity contribution in [2.45, 2.75) is 37.9 Å². The van der Waals surface area contributed by atoms with E-state index in [1.165, 1.54) is 6.33 Å². The normalized spacial score (nSPS) is 25.0. The SMILES string of the molecule is OC1CCC(Oc2ncnc3[nH]ncc23)CC1. The number of nitrogens with one attached hydrogen (secondary N) is 1. The van der Waals surface area contributed by atoms with Crippen molar-refractivity contribution in [1.29, 1.82) is 0 Å². The Morgan fingerprint density at radius 3 is 2.88 bits per heavy atom. The Morgan fingerprint density at radius 1 is 1.24 bits per heavy atom. The summed E-state index contributed by atoms with van der Waals surface area (Å²) in [6.45, 7) is 0. The van der Waals surface area contributed by atoms with Gasteiger partial charge in [-0.25, -0.2) is 9.97 Å². The number of fused-ring (bicyclic) bond motifs is 1. The number of nitrogens with zero attached hydrogens (tertiary/aromatic N) is 3. The maximum atomic E-state index is 9.44. The van der Waals surface area contributed by atoms with E-state index < -0.39 is 0 Å². The first-order valence-electron chi connectivity index (χ1n) is 5.82. The lowest BCUT2D eigenvalue weighted by Gasteiger charge is -2.25. The van der Waals surface area contributed by atoms with Gasteiger partial charge in [-0.3, -0.25) is 5.10 Å². The molecule has 0 spiro atoms. The standard InChI is InChI=1S/C11H14N4O2/c16-7-1-3-8(4-2-7)17-11-9-5-14-15-10(9)12-6-13-11/h5-8,16H,1-4H2,(H,12,13,14,15). The molecule has 1 aliphatic carbocycles. The number of aliphatic hydroxyl groups excluding tert-OH is 1. The third-order valence-corrected chi connectivity index (χ3v) is 3.13. The fourth-order valence-electron chi connectivity index (χ4n) is 2.16. The fraction of sp³-hybridized carbons (Fsp3) is 0.545. The smallest absolute Gasteiger partial charge is 0.228 e. The van der Waals surface area contributed by atoms with Gasteiger partial charge in [-0.2, -0.15) is 5.10 Å². The quantitative estimate of drug-likeness (QED) is 0.811. The molecule has 2 N–H and O–H groups in total. The minimum atomic E-state index is -0.172. The lowest BCUT2D eigenvalue weighted by molar-refractivity contribution is 0.0651. The second-order valence-corrected chi connectivity index (χ2v) is 4.36. The Morgan fingerprint density at radius 2 is 2.06 bits per heavy atom. The van der Waals surface area contributed by atoms with Crippen LogP contribution in [0, 0.1) is 0 Å². The van der Waals surface area contributed by atoms with Gasteiger partial charge in [0.25, 0.3) is 0 Å².